The van der Waals surface area contributed by atoms with Crippen LogP contribution in [0, 0.1) is 11.6 Å². The van der Waals surface area contributed by atoms with Gasteiger partial charge in [-0.3, -0.25) is 4.79 Å². The number of halogens is 2. The van der Waals surface area contributed by atoms with Crippen LogP contribution >= 0.6 is 0 Å². The van der Waals surface area contributed by atoms with Crippen LogP contribution in [-0.2, 0) is 16.0 Å². The zero-order valence-electron chi connectivity index (χ0n) is 22.7. The summed E-state index contributed by atoms with van der Waals surface area (Å²) in [7, 11) is 1.36. The van der Waals surface area contributed by atoms with E-state index < -0.39 is 23.3 Å². The lowest BCUT2D eigenvalue weighted by Crippen LogP contribution is -2.21. The van der Waals surface area contributed by atoms with Gasteiger partial charge in [0.05, 0.1) is 32.3 Å². The van der Waals surface area contributed by atoms with Crippen molar-refractivity contribution in [1.82, 2.24) is 0 Å². The largest absolute Gasteiger partial charge is 0.493 e. The Balaban J connectivity index is 1.29. The molecule has 3 aromatic rings. The molecule has 1 heterocycles. The molecule has 5 rings (SSSR count). The summed E-state index contributed by atoms with van der Waals surface area (Å²) in [6.07, 6.45) is 1.08. The predicted octanol–water partition coefficient (Wildman–Crippen LogP) is 6.40. The number of hydrogen-bond donors (Lipinski definition) is 1. The number of fused-ring (bicyclic) bond motifs is 2. The molecule has 3 aromatic carbocycles. The lowest BCUT2D eigenvalue weighted by atomic mass is 9.98. The van der Waals surface area contributed by atoms with Gasteiger partial charge in [0.15, 0.2) is 11.6 Å². The van der Waals surface area contributed by atoms with Crippen LogP contribution in [0.3, 0.4) is 0 Å². The number of aliphatic hydroxyl groups is 1. The number of carbonyl (C=O) groups is 1. The van der Waals surface area contributed by atoms with Gasteiger partial charge in [-0.1, -0.05) is 6.07 Å². The average molecular weight is 555 g/mol. The maximum absolute atomic E-state index is 15.0. The van der Waals surface area contributed by atoms with Crippen LogP contribution in [0.25, 0.3) is 0 Å². The minimum atomic E-state index is -0.880. The smallest absolute Gasteiger partial charge is 0.306 e. The van der Waals surface area contributed by atoms with Gasteiger partial charge in [-0.15, -0.1) is 0 Å². The molecule has 2 unspecified atom stereocenters. The van der Waals surface area contributed by atoms with Crippen molar-refractivity contribution in [1.29, 1.82) is 0 Å². The molecular formula is C31H32F2O7. The average Bonchev–Trinajstić information content (AvgIpc) is 3.51. The molecule has 0 bridgehead atoms. The molecule has 0 radical (unpaired) electrons. The Labute approximate surface area is 231 Å². The number of benzene rings is 3. The van der Waals surface area contributed by atoms with Crippen molar-refractivity contribution in [2.24, 2.45) is 0 Å². The summed E-state index contributed by atoms with van der Waals surface area (Å²) < 4.78 is 58.0. The van der Waals surface area contributed by atoms with E-state index in [0.717, 1.165) is 5.56 Å². The molecule has 2 aliphatic rings. The third-order valence-electron chi connectivity index (χ3n) is 7.13. The normalized spacial score (nSPS) is 17.6. The van der Waals surface area contributed by atoms with Crippen LogP contribution in [-0.4, -0.2) is 37.0 Å². The van der Waals surface area contributed by atoms with Gasteiger partial charge in [0.1, 0.15) is 34.9 Å². The van der Waals surface area contributed by atoms with Crippen molar-refractivity contribution >= 4 is 5.97 Å². The van der Waals surface area contributed by atoms with Crippen molar-refractivity contribution in [3.63, 3.8) is 0 Å². The fourth-order valence-corrected chi connectivity index (χ4v) is 4.99. The van der Waals surface area contributed by atoms with Crippen molar-refractivity contribution in [3.8, 4) is 28.7 Å². The summed E-state index contributed by atoms with van der Waals surface area (Å²) >= 11 is 0. The molecule has 1 aliphatic heterocycles. The Morgan fingerprint density at radius 3 is 2.58 bits per heavy atom. The summed E-state index contributed by atoms with van der Waals surface area (Å²) in [5.74, 6) is 0.396. The van der Waals surface area contributed by atoms with Crippen LogP contribution < -0.4 is 18.9 Å². The molecule has 0 saturated heterocycles. The van der Waals surface area contributed by atoms with Crippen molar-refractivity contribution < 1.29 is 42.4 Å². The second-order valence-corrected chi connectivity index (χ2v) is 10.7. The first kappa shape index (κ1) is 27.7. The van der Waals surface area contributed by atoms with Gasteiger partial charge in [-0.2, -0.15) is 0 Å². The van der Waals surface area contributed by atoms with E-state index in [2.05, 4.69) is 0 Å². The lowest BCUT2D eigenvalue weighted by molar-refractivity contribution is -0.141. The monoisotopic (exact) mass is 554 g/mol. The van der Waals surface area contributed by atoms with Gasteiger partial charge in [-0.05, 0) is 57.0 Å². The number of hydrogen-bond acceptors (Lipinski definition) is 7. The molecule has 1 aliphatic carbocycles. The first-order valence-corrected chi connectivity index (χ1v) is 13.3. The van der Waals surface area contributed by atoms with Gasteiger partial charge in [-0.25, -0.2) is 8.78 Å². The van der Waals surface area contributed by atoms with Crippen LogP contribution in [0.1, 0.15) is 61.8 Å². The van der Waals surface area contributed by atoms with E-state index in [1.54, 1.807) is 32.0 Å². The molecule has 212 valence electrons. The molecule has 9 heteroatoms. The molecule has 7 nitrogen and oxygen atoms in total. The van der Waals surface area contributed by atoms with E-state index in [-0.39, 0.29) is 30.7 Å². The fourth-order valence-electron chi connectivity index (χ4n) is 4.99. The summed E-state index contributed by atoms with van der Waals surface area (Å²) in [5.41, 5.74) is 1.04. The van der Waals surface area contributed by atoms with Crippen LogP contribution in [0.15, 0.2) is 48.5 Å². The summed E-state index contributed by atoms with van der Waals surface area (Å²) in [4.78, 5) is 11.7. The topological polar surface area (TPSA) is 83.5 Å². The molecule has 0 spiro atoms. The maximum atomic E-state index is 15.0. The first-order chi connectivity index (χ1) is 19.1. The molecule has 0 aromatic heterocycles. The van der Waals surface area contributed by atoms with E-state index in [0.29, 0.717) is 60.0 Å². The highest BCUT2D eigenvalue weighted by Gasteiger charge is 2.32. The highest BCUT2D eigenvalue weighted by Crippen LogP contribution is 2.44. The number of esters is 1. The van der Waals surface area contributed by atoms with Crippen LogP contribution in [0.2, 0.25) is 0 Å². The molecule has 0 saturated carbocycles. The second-order valence-electron chi connectivity index (χ2n) is 10.7. The summed E-state index contributed by atoms with van der Waals surface area (Å²) in [6, 6.07) is 12.5. The van der Waals surface area contributed by atoms with Crippen molar-refractivity contribution in [2.75, 3.05) is 20.3 Å². The number of methoxy groups -OCH3 is 1. The number of rotatable bonds is 10. The third-order valence-corrected chi connectivity index (χ3v) is 7.13. The quantitative estimate of drug-likeness (QED) is 0.290. The SMILES string of the molecule is COC(=O)CC1COc2cc(OC3CCc4c(Oc5ccc(OCCC(C)(C)O)cc5F)ccc(F)c43)ccc21. The van der Waals surface area contributed by atoms with E-state index in [4.69, 9.17) is 23.7 Å². The maximum Gasteiger partial charge on any atom is 0.306 e. The van der Waals surface area contributed by atoms with E-state index in [1.807, 2.05) is 6.07 Å². The Kier molecular flexibility index (Phi) is 7.85. The van der Waals surface area contributed by atoms with Gasteiger partial charge in [0.2, 0.25) is 0 Å². The predicted molar refractivity (Wildman–Crippen MR) is 142 cm³/mol. The van der Waals surface area contributed by atoms with Crippen molar-refractivity contribution in [2.45, 2.75) is 57.2 Å². The Hall–Kier alpha value is -3.85. The standard InChI is InChI=1S/C31H32F2O7/c1-31(2,35)12-13-37-19-5-9-26(24(33)15-19)40-25-11-8-23(32)30-22(25)7-10-27(30)39-20-4-6-21-18(14-29(34)36-3)17-38-28(21)16-20/h4-6,8-9,11,15-16,18,27,35H,7,10,12-14,17H2,1-3H3. The Bertz CT molecular complexity index is 1400. The second kappa shape index (κ2) is 11.3. The molecule has 2 atom stereocenters. The van der Waals surface area contributed by atoms with Gasteiger partial charge >= 0.3 is 5.97 Å². The fraction of sp³-hybridized carbons (Fsp3) is 0.387. The highest BCUT2D eigenvalue weighted by molar-refractivity contribution is 5.71. The summed E-state index contributed by atoms with van der Waals surface area (Å²) in [5, 5.41) is 9.81. The van der Waals surface area contributed by atoms with E-state index >= 15 is 4.39 Å². The number of ether oxygens (including phenoxy) is 5. The Morgan fingerprint density at radius 2 is 1.82 bits per heavy atom. The van der Waals surface area contributed by atoms with E-state index in [1.165, 1.54) is 31.4 Å². The zero-order chi connectivity index (χ0) is 28.4. The Morgan fingerprint density at radius 1 is 1.05 bits per heavy atom. The first-order valence-electron chi connectivity index (χ1n) is 13.3. The zero-order valence-corrected chi connectivity index (χ0v) is 22.7. The van der Waals surface area contributed by atoms with Crippen LogP contribution in [0.4, 0.5) is 8.78 Å². The number of carbonyl (C=O) groups excluding carboxylic acids is 1. The third kappa shape index (κ3) is 6.14. The molecular weight excluding hydrogens is 522 g/mol. The lowest BCUT2D eigenvalue weighted by Gasteiger charge is -2.18. The summed E-state index contributed by atoms with van der Waals surface area (Å²) in [6.45, 7) is 3.96. The minimum Gasteiger partial charge on any atom is -0.493 e. The molecule has 0 amide bonds. The van der Waals surface area contributed by atoms with Crippen molar-refractivity contribution in [3.05, 3.63) is 76.9 Å². The van der Waals surface area contributed by atoms with Gasteiger partial charge < -0.3 is 28.8 Å². The molecule has 0 fully saturated rings. The molecule has 1 N–H and O–H groups in total. The van der Waals surface area contributed by atoms with Gasteiger partial charge in [0, 0.05) is 41.2 Å². The highest BCUT2D eigenvalue weighted by atomic mass is 19.1. The van der Waals surface area contributed by atoms with E-state index in [9.17, 15) is 14.3 Å². The van der Waals surface area contributed by atoms with Gasteiger partial charge in [0.25, 0.3) is 0 Å². The minimum absolute atomic E-state index is 0.00899. The molecule has 40 heavy (non-hydrogen) atoms. The van der Waals surface area contributed by atoms with Crippen LogP contribution in [0.5, 0.6) is 28.7 Å².